The lowest BCUT2D eigenvalue weighted by Crippen LogP contribution is -2.43. The number of carbonyl (C=O) groups is 1. The van der Waals surface area contributed by atoms with Crippen LogP contribution in [0.4, 0.5) is 4.79 Å². The first-order valence-corrected chi connectivity index (χ1v) is 6.01. The Morgan fingerprint density at radius 1 is 1.44 bits per heavy atom. The van der Waals surface area contributed by atoms with Gasteiger partial charge in [-0.2, -0.15) is 5.06 Å². The Kier molecular flexibility index (Phi) is 2.33. The summed E-state index contributed by atoms with van der Waals surface area (Å²) < 4.78 is 4.78. The third-order valence-electron chi connectivity index (χ3n) is 4.12. The van der Waals surface area contributed by atoms with Crippen molar-refractivity contribution in [3.05, 3.63) is 0 Å². The van der Waals surface area contributed by atoms with Crippen LogP contribution in [0.15, 0.2) is 0 Å². The number of ether oxygens (including phenoxy) is 1. The molecule has 3 aliphatic heterocycles. The molecule has 0 saturated carbocycles. The molecule has 90 valence electrons. The molecule has 5 nitrogen and oxygen atoms in total. The van der Waals surface area contributed by atoms with Gasteiger partial charge in [0.25, 0.3) is 0 Å². The van der Waals surface area contributed by atoms with Crippen molar-refractivity contribution in [2.75, 3.05) is 26.7 Å². The molecule has 3 aliphatic rings. The number of methoxy groups -OCH3 is 1. The number of fused-ring (bicyclic) bond motifs is 1. The highest BCUT2D eigenvalue weighted by atomic mass is 16.7. The van der Waals surface area contributed by atoms with Crippen LogP contribution in [0, 0.1) is 0 Å². The van der Waals surface area contributed by atoms with Crippen molar-refractivity contribution in [1.29, 1.82) is 0 Å². The summed E-state index contributed by atoms with van der Waals surface area (Å²) in [5, 5.41) is 2.17. The summed E-state index contributed by atoms with van der Waals surface area (Å²) in [5.74, 6) is 0. The van der Waals surface area contributed by atoms with Gasteiger partial charge in [-0.1, -0.05) is 0 Å². The quantitative estimate of drug-likeness (QED) is 0.618. The van der Waals surface area contributed by atoms with Gasteiger partial charge in [-0.05, 0) is 25.7 Å². The molecule has 5 heteroatoms. The maximum Gasteiger partial charge on any atom is 0.409 e. The Morgan fingerprint density at radius 2 is 2.31 bits per heavy atom. The Balaban J connectivity index is 1.76. The van der Waals surface area contributed by atoms with Gasteiger partial charge in [-0.15, -0.1) is 0 Å². The van der Waals surface area contributed by atoms with Crippen molar-refractivity contribution in [2.45, 2.75) is 37.3 Å². The highest BCUT2D eigenvalue weighted by Crippen LogP contribution is 2.44. The minimum absolute atomic E-state index is 0.168. The average molecular weight is 226 g/mol. The van der Waals surface area contributed by atoms with Gasteiger partial charge in [-0.3, -0.25) is 4.84 Å². The second-order valence-electron chi connectivity index (χ2n) is 5.03. The van der Waals surface area contributed by atoms with E-state index in [1.54, 1.807) is 4.90 Å². The second kappa shape index (κ2) is 3.60. The molecule has 3 saturated heterocycles. The van der Waals surface area contributed by atoms with Crippen molar-refractivity contribution in [3.63, 3.8) is 0 Å². The Bertz CT molecular complexity index is 310. The maximum absolute atomic E-state index is 11.5. The Hall–Kier alpha value is -0.810. The fraction of sp³-hybridized carbons (Fsp3) is 0.909. The molecule has 0 unspecified atom stereocenters. The zero-order valence-electron chi connectivity index (χ0n) is 9.65. The molecule has 0 radical (unpaired) electrons. The summed E-state index contributed by atoms with van der Waals surface area (Å²) in [5.41, 5.74) is 0.216. The fourth-order valence-corrected chi connectivity index (χ4v) is 3.35. The number of likely N-dealkylation sites (tertiary alicyclic amines) is 1. The summed E-state index contributed by atoms with van der Waals surface area (Å²) in [6, 6.07) is 0. The molecule has 0 aliphatic carbocycles. The SMILES string of the molecule is COC(=O)N1CC[C@@]23CCCN2O[C@@H](C1)C3. The first kappa shape index (κ1) is 10.4. The van der Waals surface area contributed by atoms with Gasteiger partial charge in [0.15, 0.2) is 0 Å². The van der Waals surface area contributed by atoms with E-state index in [1.807, 2.05) is 0 Å². The third kappa shape index (κ3) is 1.42. The average Bonchev–Trinajstić information content (AvgIpc) is 2.69. The summed E-state index contributed by atoms with van der Waals surface area (Å²) in [7, 11) is 1.44. The fourth-order valence-electron chi connectivity index (χ4n) is 3.35. The lowest BCUT2D eigenvalue weighted by molar-refractivity contribution is -0.180. The smallest absolute Gasteiger partial charge is 0.409 e. The number of rotatable bonds is 0. The molecule has 2 atom stereocenters. The molecule has 0 aromatic carbocycles. The van der Waals surface area contributed by atoms with Crippen LogP contribution in [0.25, 0.3) is 0 Å². The van der Waals surface area contributed by atoms with Gasteiger partial charge >= 0.3 is 6.09 Å². The molecule has 2 bridgehead atoms. The van der Waals surface area contributed by atoms with E-state index in [4.69, 9.17) is 9.57 Å². The van der Waals surface area contributed by atoms with Gasteiger partial charge in [0.05, 0.1) is 25.3 Å². The zero-order valence-corrected chi connectivity index (χ0v) is 9.65. The minimum Gasteiger partial charge on any atom is -0.453 e. The van der Waals surface area contributed by atoms with E-state index in [0.29, 0.717) is 6.54 Å². The van der Waals surface area contributed by atoms with Crippen LogP contribution in [-0.4, -0.2) is 54.4 Å². The van der Waals surface area contributed by atoms with E-state index < -0.39 is 0 Å². The summed E-state index contributed by atoms with van der Waals surface area (Å²) in [6.45, 7) is 2.52. The second-order valence-corrected chi connectivity index (χ2v) is 5.03. The molecule has 3 heterocycles. The number of hydroxylamine groups is 2. The van der Waals surface area contributed by atoms with Crippen LogP contribution < -0.4 is 0 Å². The molecular formula is C11H18N2O3. The normalized spacial score (nSPS) is 38.3. The zero-order chi connectivity index (χ0) is 11.2. The molecule has 3 fully saturated rings. The van der Waals surface area contributed by atoms with Crippen molar-refractivity contribution >= 4 is 6.09 Å². The van der Waals surface area contributed by atoms with E-state index >= 15 is 0 Å². The molecule has 16 heavy (non-hydrogen) atoms. The van der Waals surface area contributed by atoms with Crippen molar-refractivity contribution in [2.24, 2.45) is 0 Å². The lowest BCUT2D eigenvalue weighted by atomic mass is 9.89. The van der Waals surface area contributed by atoms with Gasteiger partial charge in [0.1, 0.15) is 0 Å². The summed E-state index contributed by atoms with van der Waals surface area (Å²) in [6.07, 6.45) is 4.45. The lowest BCUT2D eigenvalue weighted by Gasteiger charge is -2.32. The van der Waals surface area contributed by atoms with Gasteiger partial charge in [0.2, 0.25) is 0 Å². The summed E-state index contributed by atoms with van der Waals surface area (Å²) in [4.78, 5) is 19.2. The topological polar surface area (TPSA) is 42.0 Å². The maximum atomic E-state index is 11.5. The molecular weight excluding hydrogens is 208 g/mol. The van der Waals surface area contributed by atoms with Crippen LogP contribution >= 0.6 is 0 Å². The van der Waals surface area contributed by atoms with Gasteiger partial charge in [0, 0.05) is 13.1 Å². The number of hydrogen-bond donors (Lipinski definition) is 0. The standard InChI is InChI=1S/C11H18N2O3/c1-15-10(14)12-6-4-11-3-2-5-13(11)16-9(7-11)8-12/h9H,2-8H2,1H3/t9-,11-/m1/s1. The van der Waals surface area contributed by atoms with E-state index in [-0.39, 0.29) is 17.7 Å². The van der Waals surface area contributed by atoms with Crippen molar-refractivity contribution in [3.8, 4) is 0 Å². The number of amides is 1. The van der Waals surface area contributed by atoms with Crippen LogP contribution in [0.3, 0.4) is 0 Å². The molecule has 1 amide bonds. The molecule has 1 spiro atoms. The highest BCUT2D eigenvalue weighted by Gasteiger charge is 2.52. The van der Waals surface area contributed by atoms with Crippen molar-refractivity contribution < 1.29 is 14.4 Å². The molecule has 0 N–H and O–H groups in total. The minimum atomic E-state index is -0.225. The predicted molar refractivity (Wildman–Crippen MR) is 56.8 cm³/mol. The number of nitrogens with zero attached hydrogens (tertiary/aromatic N) is 2. The Labute approximate surface area is 95.2 Å². The molecule has 3 rings (SSSR count). The van der Waals surface area contributed by atoms with E-state index in [9.17, 15) is 4.79 Å². The van der Waals surface area contributed by atoms with Crippen LogP contribution in [0.1, 0.15) is 25.7 Å². The highest BCUT2D eigenvalue weighted by molar-refractivity contribution is 5.67. The van der Waals surface area contributed by atoms with Crippen molar-refractivity contribution in [1.82, 2.24) is 9.96 Å². The largest absolute Gasteiger partial charge is 0.453 e. The molecule has 0 aromatic heterocycles. The van der Waals surface area contributed by atoms with Gasteiger partial charge < -0.3 is 9.64 Å². The first-order valence-electron chi connectivity index (χ1n) is 6.01. The van der Waals surface area contributed by atoms with Gasteiger partial charge in [-0.25, -0.2) is 4.79 Å². The summed E-state index contributed by atoms with van der Waals surface area (Å²) >= 11 is 0. The van der Waals surface area contributed by atoms with E-state index in [0.717, 1.165) is 25.9 Å². The number of hydrogen-bond acceptors (Lipinski definition) is 4. The Morgan fingerprint density at radius 3 is 3.12 bits per heavy atom. The van der Waals surface area contributed by atoms with E-state index in [1.165, 1.54) is 20.0 Å². The van der Waals surface area contributed by atoms with Crippen LogP contribution in [0.2, 0.25) is 0 Å². The van der Waals surface area contributed by atoms with E-state index in [2.05, 4.69) is 5.06 Å². The number of carbonyl (C=O) groups excluding carboxylic acids is 1. The first-order chi connectivity index (χ1) is 7.73. The predicted octanol–water partition coefficient (Wildman–Crippen LogP) is 0.997. The van der Waals surface area contributed by atoms with Crippen LogP contribution in [-0.2, 0) is 9.57 Å². The van der Waals surface area contributed by atoms with Crippen LogP contribution in [0.5, 0.6) is 0 Å². The third-order valence-corrected chi connectivity index (χ3v) is 4.12. The monoisotopic (exact) mass is 226 g/mol. The molecule has 0 aromatic rings.